The van der Waals surface area contributed by atoms with E-state index in [2.05, 4.69) is 0 Å². The van der Waals surface area contributed by atoms with Crippen LogP contribution in [0.3, 0.4) is 0 Å². The average Bonchev–Trinajstić information content (AvgIpc) is 2.31. The molecule has 0 radical (unpaired) electrons. The third-order valence-electron chi connectivity index (χ3n) is 2.79. The van der Waals surface area contributed by atoms with E-state index in [1.165, 1.54) is 7.11 Å². The smallest absolute Gasteiger partial charge is 0.203 e. The number of ether oxygens (including phenoxy) is 2. The number of alkyl halides is 1. The lowest BCUT2D eigenvalue weighted by Gasteiger charge is -2.39. The molecule has 0 aliphatic heterocycles. The van der Waals surface area contributed by atoms with Crippen LogP contribution in [0.1, 0.15) is 6.42 Å². The maximum absolute atomic E-state index is 13.3. The van der Waals surface area contributed by atoms with Gasteiger partial charge >= 0.3 is 0 Å². The van der Waals surface area contributed by atoms with E-state index >= 15 is 0 Å². The van der Waals surface area contributed by atoms with Gasteiger partial charge in [-0.2, -0.15) is 8.78 Å². The summed E-state index contributed by atoms with van der Waals surface area (Å²) in [6.07, 6.45) is -1.03. The van der Waals surface area contributed by atoms with E-state index in [-0.39, 0.29) is 17.9 Å². The van der Waals surface area contributed by atoms with Gasteiger partial charge in [0.2, 0.25) is 11.6 Å². The molecule has 0 bridgehead atoms. The third-order valence-corrected chi connectivity index (χ3v) is 3.22. The molecule has 0 saturated heterocycles. The summed E-state index contributed by atoms with van der Waals surface area (Å²) in [5.41, 5.74) is 0. The van der Waals surface area contributed by atoms with Gasteiger partial charge in [-0.15, -0.1) is 11.6 Å². The highest BCUT2D eigenvalue weighted by molar-refractivity contribution is 6.21. The number of halogens is 5. The molecule has 3 unspecified atom stereocenters. The maximum atomic E-state index is 13.3. The molecule has 1 aromatic carbocycles. The van der Waals surface area contributed by atoms with E-state index in [0.717, 1.165) is 0 Å². The minimum atomic E-state index is -1.57. The molecule has 100 valence electrons. The van der Waals surface area contributed by atoms with Crippen LogP contribution in [0.15, 0.2) is 6.07 Å². The average molecular weight is 285 g/mol. The van der Waals surface area contributed by atoms with Gasteiger partial charge in [0.1, 0.15) is 12.2 Å². The quantitative estimate of drug-likeness (QED) is 0.483. The molecule has 2 rings (SSSR count). The zero-order valence-electron chi connectivity index (χ0n) is 9.22. The summed E-state index contributed by atoms with van der Waals surface area (Å²) in [5.74, 6) is -7.24. The van der Waals surface area contributed by atoms with E-state index in [4.69, 9.17) is 21.1 Å². The maximum Gasteiger partial charge on any atom is 0.203 e. The molecule has 0 aromatic heterocycles. The Kier molecular flexibility index (Phi) is 3.68. The molecule has 2 nitrogen and oxygen atoms in total. The number of methoxy groups -OCH3 is 1. The summed E-state index contributed by atoms with van der Waals surface area (Å²) in [6.45, 7) is 0. The zero-order chi connectivity index (χ0) is 13.4. The standard InChI is InChI=1S/C11H9ClF4O2/c1-17-10-4(12)2-7(10)18-11-8(15)5(13)3-6(14)9(11)16/h3-4,7,10H,2H2,1H3. The summed E-state index contributed by atoms with van der Waals surface area (Å²) >= 11 is 5.78. The fourth-order valence-electron chi connectivity index (χ4n) is 1.75. The van der Waals surface area contributed by atoms with Gasteiger partial charge < -0.3 is 9.47 Å². The largest absolute Gasteiger partial charge is 0.481 e. The number of benzene rings is 1. The first-order valence-corrected chi connectivity index (χ1v) is 5.55. The zero-order valence-corrected chi connectivity index (χ0v) is 9.98. The highest BCUT2D eigenvalue weighted by Crippen LogP contribution is 2.35. The van der Waals surface area contributed by atoms with Crippen LogP contribution in [-0.4, -0.2) is 24.7 Å². The van der Waals surface area contributed by atoms with Gasteiger partial charge in [-0.3, -0.25) is 0 Å². The van der Waals surface area contributed by atoms with Gasteiger partial charge in [0.15, 0.2) is 17.4 Å². The second kappa shape index (κ2) is 4.93. The van der Waals surface area contributed by atoms with Crippen molar-refractivity contribution >= 4 is 11.6 Å². The Hall–Kier alpha value is -1.01. The van der Waals surface area contributed by atoms with Gasteiger partial charge in [0.25, 0.3) is 0 Å². The van der Waals surface area contributed by atoms with Crippen LogP contribution in [0.5, 0.6) is 5.75 Å². The lowest BCUT2D eigenvalue weighted by Crippen LogP contribution is -2.52. The second-order valence-electron chi connectivity index (χ2n) is 3.91. The molecule has 1 aromatic rings. The summed E-state index contributed by atoms with van der Waals surface area (Å²) in [5, 5.41) is -0.357. The molecule has 18 heavy (non-hydrogen) atoms. The molecule has 3 atom stereocenters. The predicted molar refractivity (Wildman–Crippen MR) is 55.7 cm³/mol. The minimum Gasteiger partial charge on any atom is -0.481 e. The normalized spacial score (nSPS) is 26.9. The predicted octanol–water partition coefficient (Wildman–Crippen LogP) is 3.02. The lowest BCUT2D eigenvalue weighted by atomic mass is 9.91. The van der Waals surface area contributed by atoms with Crippen molar-refractivity contribution in [3.63, 3.8) is 0 Å². The first kappa shape index (κ1) is 13.4. The third kappa shape index (κ3) is 2.14. The van der Waals surface area contributed by atoms with Crippen LogP contribution < -0.4 is 4.74 Å². The molecule has 0 N–H and O–H groups in total. The van der Waals surface area contributed by atoms with Crippen LogP contribution in [0.4, 0.5) is 17.6 Å². The van der Waals surface area contributed by atoms with E-state index in [1.807, 2.05) is 0 Å². The summed E-state index contributed by atoms with van der Waals surface area (Å²) in [6, 6.07) is 0.121. The Morgan fingerprint density at radius 3 is 2.17 bits per heavy atom. The Bertz CT molecular complexity index is 443. The van der Waals surface area contributed by atoms with Gasteiger partial charge in [-0.25, -0.2) is 8.78 Å². The van der Waals surface area contributed by atoms with E-state index in [1.54, 1.807) is 0 Å². The first-order chi connectivity index (χ1) is 8.45. The Morgan fingerprint density at radius 1 is 1.17 bits per heavy atom. The van der Waals surface area contributed by atoms with Gasteiger partial charge in [0, 0.05) is 19.6 Å². The summed E-state index contributed by atoms with van der Waals surface area (Å²) in [7, 11) is 1.36. The Balaban J connectivity index is 2.24. The van der Waals surface area contributed by atoms with Crippen LogP contribution in [-0.2, 0) is 4.74 Å². The topological polar surface area (TPSA) is 18.5 Å². The minimum absolute atomic E-state index is 0.121. The van der Waals surface area contributed by atoms with Crippen molar-refractivity contribution in [1.82, 2.24) is 0 Å². The Labute approximate surface area is 105 Å². The fourth-order valence-corrected chi connectivity index (χ4v) is 2.19. The van der Waals surface area contributed by atoms with Gasteiger partial charge in [0.05, 0.1) is 5.38 Å². The highest BCUT2D eigenvalue weighted by Gasteiger charge is 2.43. The van der Waals surface area contributed by atoms with Crippen LogP contribution >= 0.6 is 11.6 Å². The molecule has 0 spiro atoms. The molecular formula is C11H9ClF4O2. The molecule has 0 amide bonds. The van der Waals surface area contributed by atoms with Crippen molar-refractivity contribution in [3.8, 4) is 5.75 Å². The number of rotatable bonds is 3. The van der Waals surface area contributed by atoms with E-state index < -0.39 is 41.2 Å². The van der Waals surface area contributed by atoms with Crippen LogP contribution in [0, 0.1) is 23.3 Å². The molecular weight excluding hydrogens is 276 g/mol. The molecule has 1 aliphatic rings. The number of hydrogen-bond donors (Lipinski definition) is 0. The second-order valence-corrected chi connectivity index (χ2v) is 4.47. The van der Waals surface area contributed by atoms with Crippen molar-refractivity contribution in [1.29, 1.82) is 0 Å². The Morgan fingerprint density at radius 2 is 1.72 bits per heavy atom. The monoisotopic (exact) mass is 284 g/mol. The van der Waals surface area contributed by atoms with Crippen molar-refractivity contribution in [2.75, 3.05) is 7.11 Å². The number of hydrogen-bond acceptors (Lipinski definition) is 2. The lowest BCUT2D eigenvalue weighted by molar-refractivity contribution is -0.0614. The summed E-state index contributed by atoms with van der Waals surface area (Å²) < 4.78 is 62.3. The summed E-state index contributed by atoms with van der Waals surface area (Å²) in [4.78, 5) is 0. The van der Waals surface area contributed by atoms with Crippen LogP contribution in [0.2, 0.25) is 0 Å². The van der Waals surface area contributed by atoms with E-state index in [0.29, 0.717) is 0 Å². The first-order valence-electron chi connectivity index (χ1n) is 5.12. The molecule has 1 saturated carbocycles. The highest BCUT2D eigenvalue weighted by atomic mass is 35.5. The molecule has 0 heterocycles. The van der Waals surface area contributed by atoms with E-state index in [9.17, 15) is 17.6 Å². The molecule has 7 heteroatoms. The van der Waals surface area contributed by atoms with Crippen LogP contribution in [0.25, 0.3) is 0 Å². The fraction of sp³-hybridized carbons (Fsp3) is 0.455. The molecule has 1 aliphatic carbocycles. The SMILES string of the molecule is COC1C(Cl)CC1Oc1c(F)c(F)cc(F)c1F. The molecule has 1 fully saturated rings. The van der Waals surface area contributed by atoms with Crippen molar-refractivity contribution < 1.29 is 27.0 Å². The van der Waals surface area contributed by atoms with Crippen molar-refractivity contribution in [2.45, 2.75) is 24.0 Å². The van der Waals surface area contributed by atoms with Gasteiger partial charge in [-0.05, 0) is 0 Å². The van der Waals surface area contributed by atoms with Gasteiger partial charge in [-0.1, -0.05) is 0 Å². The van der Waals surface area contributed by atoms with Crippen molar-refractivity contribution in [3.05, 3.63) is 29.3 Å². The van der Waals surface area contributed by atoms with Crippen molar-refractivity contribution in [2.24, 2.45) is 0 Å².